The van der Waals surface area contributed by atoms with Gasteiger partial charge in [0.15, 0.2) is 4.96 Å². The summed E-state index contributed by atoms with van der Waals surface area (Å²) in [5.74, 6) is 0.695. The smallest absolute Gasteiger partial charge is 0.237 e. The minimum absolute atomic E-state index is 0.695. The van der Waals surface area contributed by atoms with Gasteiger partial charge < -0.3 is 10.1 Å². The van der Waals surface area contributed by atoms with E-state index in [1.807, 2.05) is 24.0 Å². The summed E-state index contributed by atoms with van der Waals surface area (Å²) in [6.45, 7) is 3.57. The molecule has 0 spiro atoms. The normalized spacial score (nSPS) is 11.3. The molecule has 0 saturated heterocycles. The van der Waals surface area contributed by atoms with Gasteiger partial charge in [0.2, 0.25) is 5.88 Å². The van der Waals surface area contributed by atoms with Crippen LogP contribution in [0.25, 0.3) is 4.96 Å². The van der Waals surface area contributed by atoms with Crippen LogP contribution in [-0.2, 0) is 13.1 Å². The van der Waals surface area contributed by atoms with E-state index in [1.54, 1.807) is 29.8 Å². The third-order valence-electron chi connectivity index (χ3n) is 2.94. The number of methoxy groups -OCH3 is 1. The molecule has 0 fully saturated rings. The summed E-state index contributed by atoms with van der Waals surface area (Å²) in [5, 5.41) is 5.45. The Balaban J connectivity index is 1.74. The molecule has 3 aromatic heterocycles. The van der Waals surface area contributed by atoms with Crippen LogP contribution in [0.15, 0.2) is 17.1 Å². The summed E-state index contributed by atoms with van der Waals surface area (Å²) < 4.78 is 7.39. The Morgan fingerprint density at radius 3 is 3.00 bits per heavy atom. The first-order valence-corrected chi connectivity index (χ1v) is 7.63. The molecule has 3 aromatic rings. The second kappa shape index (κ2) is 5.28. The standard InChI is InChI=1S/C12H14N4OS2/c1-8-10(19-7-14-8)6-13-5-9-11(17-2)15-12-16(9)3-4-18-12/h3-4,7,13H,5-6H2,1-2H3. The summed E-state index contributed by atoms with van der Waals surface area (Å²) in [4.78, 5) is 10.9. The van der Waals surface area contributed by atoms with E-state index in [4.69, 9.17) is 4.74 Å². The highest BCUT2D eigenvalue weighted by Crippen LogP contribution is 2.23. The number of hydrogen-bond acceptors (Lipinski definition) is 6. The first kappa shape index (κ1) is 12.6. The SMILES string of the molecule is COc1nc2sccn2c1CNCc1scnc1C. The molecule has 0 atom stereocenters. The average Bonchev–Trinajstić information content (AvgIpc) is 3.07. The van der Waals surface area contributed by atoms with Gasteiger partial charge in [-0.3, -0.25) is 4.40 Å². The second-order valence-electron chi connectivity index (χ2n) is 4.09. The molecule has 0 bridgehead atoms. The van der Waals surface area contributed by atoms with Crippen molar-refractivity contribution in [2.75, 3.05) is 7.11 Å². The van der Waals surface area contributed by atoms with Gasteiger partial charge in [0.25, 0.3) is 0 Å². The number of ether oxygens (including phenoxy) is 1. The molecule has 7 heteroatoms. The topological polar surface area (TPSA) is 51.5 Å². The first-order valence-electron chi connectivity index (χ1n) is 5.87. The van der Waals surface area contributed by atoms with E-state index < -0.39 is 0 Å². The maximum atomic E-state index is 5.33. The summed E-state index contributed by atoms with van der Waals surface area (Å²) in [7, 11) is 1.66. The van der Waals surface area contributed by atoms with Crippen LogP contribution in [0.1, 0.15) is 16.3 Å². The molecule has 3 rings (SSSR count). The minimum atomic E-state index is 0.695. The molecule has 19 heavy (non-hydrogen) atoms. The van der Waals surface area contributed by atoms with E-state index in [9.17, 15) is 0 Å². The Kier molecular flexibility index (Phi) is 3.50. The van der Waals surface area contributed by atoms with E-state index in [0.717, 1.165) is 29.4 Å². The van der Waals surface area contributed by atoms with Crippen molar-refractivity contribution in [1.82, 2.24) is 19.7 Å². The lowest BCUT2D eigenvalue weighted by atomic mass is 10.3. The van der Waals surface area contributed by atoms with Crippen LogP contribution in [0, 0.1) is 6.92 Å². The summed E-state index contributed by atoms with van der Waals surface area (Å²) >= 11 is 3.28. The third-order valence-corrected chi connectivity index (χ3v) is 4.63. The van der Waals surface area contributed by atoms with Crippen molar-refractivity contribution in [3.8, 4) is 5.88 Å². The largest absolute Gasteiger partial charge is 0.480 e. The molecule has 0 aromatic carbocycles. The number of hydrogen-bond donors (Lipinski definition) is 1. The van der Waals surface area contributed by atoms with Gasteiger partial charge in [0.05, 0.1) is 18.3 Å². The fourth-order valence-electron chi connectivity index (χ4n) is 1.93. The van der Waals surface area contributed by atoms with Crippen LogP contribution >= 0.6 is 22.7 Å². The molecule has 0 unspecified atom stereocenters. The highest BCUT2D eigenvalue weighted by molar-refractivity contribution is 7.15. The Hall–Kier alpha value is -1.44. The molecule has 0 saturated carbocycles. The number of imidazole rings is 1. The molecular weight excluding hydrogens is 280 g/mol. The molecule has 100 valence electrons. The van der Waals surface area contributed by atoms with E-state index in [-0.39, 0.29) is 0 Å². The van der Waals surface area contributed by atoms with Crippen LogP contribution in [0.4, 0.5) is 0 Å². The summed E-state index contributed by atoms with van der Waals surface area (Å²) in [6, 6.07) is 0. The Bertz CT molecular complexity index is 685. The van der Waals surface area contributed by atoms with Gasteiger partial charge in [0, 0.05) is 29.5 Å². The van der Waals surface area contributed by atoms with Crippen molar-refractivity contribution in [3.63, 3.8) is 0 Å². The molecule has 0 aliphatic carbocycles. The van der Waals surface area contributed by atoms with Gasteiger partial charge in [-0.2, -0.15) is 4.98 Å². The molecular formula is C12H14N4OS2. The summed E-state index contributed by atoms with van der Waals surface area (Å²) in [5.41, 5.74) is 4.03. The lowest BCUT2D eigenvalue weighted by Gasteiger charge is -2.05. The zero-order chi connectivity index (χ0) is 13.2. The molecule has 0 radical (unpaired) electrons. The molecule has 1 N–H and O–H groups in total. The van der Waals surface area contributed by atoms with Crippen LogP contribution in [-0.4, -0.2) is 21.5 Å². The van der Waals surface area contributed by atoms with Gasteiger partial charge in [-0.15, -0.1) is 22.7 Å². The number of nitrogens with zero attached hydrogens (tertiary/aromatic N) is 3. The molecule has 0 aliphatic rings. The lowest BCUT2D eigenvalue weighted by Crippen LogP contribution is -2.14. The van der Waals surface area contributed by atoms with E-state index in [2.05, 4.69) is 19.7 Å². The van der Waals surface area contributed by atoms with Crippen LogP contribution in [0.3, 0.4) is 0 Å². The van der Waals surface area contributed by atoms with Crippen molar-refractivity contribution in [2.24, 2.45) is 0 Å². The number of nitrogens with one attached hydrogen (secondary N) is 1. The highest BCUT2D eigenvalue weighted by Gasteiger charge is 2.13. The number of aryl methyl sites for hydroxylation is 1. The van der Waals surface area contributed by atoms with Gasteiger partial charge in [-0.25, -0.2) is 4.98 Å². The van der Waals surface area contributed by atoms with Crippen molar-refractivity contribution >= 4 is 27.6 Å². The fraction of sp³-hybridized carbons (Fsp3) is 0.333. The van der Waals surface area contributed by atoms with Crippen molar-refractivity contribution in [3.05, 3.63) is 33.4 Å². The number of fused-ring (bicyclic) bond motifs is 1. The zero-order valence-corrected chi connectivity index (χ0v) is 12.3. The molecule has 3 heterocycles. The monoisotopic (exact) mass is 294 g/mol. The quantitative estimate of drug-likeness (QED) is 0.785. The maximum absolute atomic E-state index is 5.33. The summed E-state index contributed by atoms with van der Waals surface area (Å²) in [6.07, 6.45) is 2.02. The van der Waals surface area contributed by atoms with Crippen LogP contribution in [0.2, 0.25) is 0 Å². The van der Waals surface area contributed by atoms with Crippen molar-refractivity contribution in [1.29, 1.82) is 0 Å². The number of aromatic nitrogens is 3. The molecule has 0 amide bonds. The minimum Gasteiger partial charge on any atom is -0.480 e. The van der Waals surface area contributed by atoms with E-state index in [1.165, 1.54) is 4.88 Å². The molecule has 0 aliphatic heterocycles. The van der Waals surface area contributed by atoms with Crippen LogP contribution < -0.4 is 10.1 Å². The van der Waals surface area contributed by atoms with E-state index >= 15 is 0 Å². The Morgan fingerprint density at radius 2 is 2.26 bits per heavy atom. The van der Waals surface area contributed by atoms with Crippen molar-refractivity contribution < 1.29 is 4.74 Å². The predicted molar refractivity (Wildman–Crippen MR) is 77.0 cm³/mol. The second-order valence-corrected chi connectivity index (χ2v) is 5.90. The lowest BCUT2D eigenvalue weighted by molar-refractivity contribution is 0.393. The van der Waals surface area contributed by atoms with Crippen LogP contribution in [0.5, 0.6) is 5.88 Å². The van der Waals surface area contributed by atoms with Gasteiger partial charge in [-0.05, 0) is 6.92 Å². The average molecular weight is 294 g/mol. The Morgan fingerprint density at radius 1 is 1.37 bits per heavy atom. The Labute approximate surface area is 118 Å². The third kappa shape index (κ3) is 2.36. The van der Waals surface area contributed by atoms with Crippen molar-refractivity contribution in [2.45, 2.75) is 20.0 Å². The zero-order valence-electron chi connectivity index (χ0n) is 10.7. The predicted octanol–water partition coefficient (Wildman–Crippen LogP) is 2.46. The molecule has 5 nitrogen and oxygen atoms in total. The number of thiazole rings is 2. The van der Waals surface area contributed by atoms with E-state index in [0.29, 0.717) is 5.88 Å². The first-order chi connectivity index (χ1) is 9.29. The maximum Gasteiger partial charge on any atom is 0.237 e. The van der Waals surface area contributed by atoms with Gasteiger partial charge in [0.1, 0.15) is 5.69 Å². The fourth-order valence-corrected chi connectivity index (χ4v) is 3.40. The number of rotatable bonds is 5. The highest BCUT2D eigenvalue weighted by atomic mass is 32.1. The van der Waals surface area contributed by atoms with Gasteiger partial charge >= 0.3 is 0 Å². The van der Waals surface area contributed by atoms with Gasteiger partial charge in [-0.1, -0.05) is 0 Å².